The average Bonchev–Trinajstić information content (AvgIpc) is 2.97. The van der Waals surface area contributed by atoms with Crippen LogP contribution < -0.4 is 0 Å². The monoisotopic (exact) mass is 334 g/mol. The van der Waals surface area contributed by atoms with E-state index < -0.39 is 0 Å². The van der Waals surface area contributed by atoms with Crippen LogP contribution in [0.25, 0.3) is 0 Å². The lowest BCUT2D eigenvalue weighted by molar-refractivity contribution is -0.000222. The summed E-state index contributed by atoms with van der Waals surface area (Å²) in [5.41, 5.74) is 1.88. The molecule has 1 amide bonds. The first-order chi connectivity index (χ1) is 11.5. The highest BCUT2D eigenvalue weighted by Gasteiger charge is 2.28. The molecule has 2 aliphatic heterocycles. The van der Waals surface area contributed by atoms with E-state index in [1.54, 1.807) is 6.20 Å². The molecule has 3 rings (SSSR count). The van der Waals surface area contributed by atoms with Crippen molar-refractivity contribution in [2.45, 2.75) is 44.8 Å². The van der Waals surface area contributed by atoms with Crippen LogP contribution in [0.3, 0.4) is 0 Å². The molecule has 2 aliphatic rings. The molecular weight excluding hydrogens is 304 g/mol. The first kappa shape index (κ1) is 17.4. The second-order valence-corrected chi connectivity index (χ2v) is 7.52. The molecule has 0 N–H and O–H groups in total. The molecular formula is C18H30N4O2. The zero-order chi connectivity index (χ0) is 17.1. The fourth-order valence-electron chi connectivity index (χ4n) is 3.90. The third-order valence-electron chi connectivity index (χ3n) is 5.13. The van der Waals surface area contributed by atoms with Gasteiger partial charge < -0.3 is 14.5 Å². The lowest BCUT2D eigenvalue weighted by atomic mass is 9.93. The van der Waals surface area contributed by atoms with E-state index in [1.165, 1.54) is 6.42 Å². The van der Waals surface area contributed by atoms with Gasteiger partial charge in [0.1, 0.15) is 0 Å². The number of aromatic nitrogens is 2. The summed E-state index contributed by atoms with van der Waals surface area (Å²) in [4.78, 5) is 16.9. The number of carbonyl (C=O) groups excluding carboxylic acids is 1. The molecule has 0 radical (unpaired) electrons. The van der Waals surface area contributed by atoms with Crippen molar-refractivity contribution in [3.05, 3.63) is 17.5 Å². The zero-order valence-corrected chi connectivity index (χ0v) is 15.2. The Morgan fingerprint density at radius 1 is 1.29 bits per heavy atom. The summed E-state index contributed by atoms with van der Waals surface area (Å²) in [6.45, 7) is 3.47. The van der Waals surface area contributed by atoms with Gasteiger partial charge in [0.25, 0.3) is 5.91 Å². The molecule has 1 saturated heterocycles. The lowest BCUT2D eigenvalue weighted by Crippen LogP contribution is -2.38. The average molecular weight is 334 g/mol. The van der Waals surface area contributed by atoms with Gasteiger partial charge in [-0.25, -0.2) is 0 Å². The molecule has 1 aromatic rings. The minimum Gasteiger partial charge on any atom is -0.376 e. The number of rotatable bonds is 5. The number of nitrogens with zero attached hydrogens (tertiary/aromatic N) is 4. The minimum absolute atomic E-state index is 0.0796. The Balaban J connectivity index is 1.66. The van der Waals surface area contributed by atoms with E-state index in [0.717, 1.165) is 56.6 Å². The summed E-state index contributed by atoms with van der Waals surface area (Å²) in [6.07, 6.45) is 7.39. The van der Waals surface area contributed by atoms with E-state index in [-0.39, 0.29) is 12.0 Å². The quantitative estimate of drug-likeness (QED) is 0.821. The van der Waals surface area contributed by atoms with E-state index in [0.29, 0.717) is 12.5 Å². The van der Waals surface area contributed by atoms with Gasteiger partial charge >= 0.3 is 0 Å². The topological polar surface area (TPSA) is 50.6 Å². The Bertz CT molecular complexity index is 563. The van der Waals surface area contributed by atoms with Gasteiger partial charge in [-0.1, -0.05) is 0 Å². The van der Waals surface area contributed by atoms with Crippen molar-refractivity contribution in [1.82, 2.24) is 19.6 Å². The Labute approximate surface area is 144 Å². The summed E-state index contributed by atoms with van der Waals surface area (Å²) in [6, 6.07) is 0. The number of amides is 1. The highest BCUT2D eigenvalue weighted by molar-refractivity contribution is 5.95. The highest BCUT2D eigenvalue weighted by atomic mass is 16.5. The van der Waals surface area contributed by atoms with Crippen LogP contribution in [0, 0.1) is 5.92 Å². The van der Waals surface area contributed by atoms with Crippen LogP contribution in [-0.4, -0.2) is 72.4 Å². The van der Waals surface area contributed by atoms with E-state index in [4.69, 9.17) is 4.74 Å². The number of carbonyl (C=O) groups is 1. The number of aryl methyl sites for hydroxylation is 1. The van der Waals surface area contributed by atoms with Crippen LogP contribution in [0.5, 0.6) is 0 Å². The molecule has 0 aromatic carbocycles. The predicted octanol–water partition coefficient (Wildman–Crippen LogP) is 1.65. The number of ether oxygens (including phenoxy) is 1. The van der Waals surface area contributed by atoms with Gasteiger partial charge in [-0.15, -0.1) is 0 Å². The SMILES string of the molecule is CN(C)C[C@H]1CCn2ncc(C(=O)N(C)C[C@@H]3CCCCO3)c2C1. The van der Waals surface area contributed by atoms with Crippen LogP contribution in [0.4, 0.5) is 0 Å². The molecule has 0 bridgehead atoms. The molecule has 0 saturated carbocycles. The smallest absolute Gasteiger partial charge is 0.257 e. The lowest BCUT2D eigenvalue weighted by Gasteiger charge is -2.29. The summed E-state index contributed by atoms with van der Waals surface area (Å²) in [7, 11) is 6.09. The number of fused-ring (bicyclic) bond motifs is 1. The van der Waals surface area contributed by atoms with Crippen molar-refractivity contribution in [3.8, 4) is 0 Å². The second kappa shape index (κ2) is 7.66. The number of hydrogen-bond donors (Lipinski definition) is 0. The molecule has 1 aromatic heterocycles. The molecule has 3 heterocycles. The van der Waals surface area contributed by atoms with Crippen LogP contribution in [0.1, 0.15) is 41.7 Å². The van der Waals surface area contributed by atoms with E-state index >= 15 is 0 Å². The first-order valence-corrected chi connectivity index (χ1v) is 9.11. The van der Waals surface area contributed by atoms with Crippen LogP contribution >= 0.6 is 0 Å². The van der Waals surface area contributed by atoms with Gasteiger partial charge in [0.15, 0.2) is 0 Å². The van der Waals surface area contributed by atoms with Gasteiger partial charge in [-0.2, -0.15) is 5.10 Å². The van der Waals surface area contributed by atoms with Gasteiger partial charge in [-0.05, 0) is 52.1 Å². The zero-order valence-electron chi connectivity index (χ0n) is 15.2. The van der Waals surface area contributed by atoms with Crippen molar-refractivity contribution in [2.24, 2.45) is 5.92 Å². The fourth-order valence-corrected chi connectivity index (χ4v) is 3.90. The van der Waals surface area contributed by atoms with Gasteiger partial charge in [-0.3, -0.25) is 9.48 Å². The highest BCUT2D eigenvalue weighted by Crippen LogP contribution is 2.24. The maximum Gasteiger partial charge on any atom is 0.257 e. The third-order valence-corrected chi connectivity index (χ3v) is 5.13. The Morgan fingerprint density at radius 3 is 2.83 bits per heavy atom. The Morgan fingerprint density at radius 2 is 2.12 bits per heavy atom. The van der Waals surface area contributed by atoms with Crippen molar-refractivity contribution in [1.29, 1.82) is 0 Å². The fraction of sp³-hybridized carbons (Fsp3) is 0.778. The molecule has 0 spiro atoms. The largest absolute Gasteiger partial charge is 0.376 e. The summed E-state index contributed by atoms with van der Waals surface area (Å²) >= 11 is 0. The second-order valence-electron chi connectivity index (χ2n) is 7.52. The summed E-state index contributed by atoms with van der Waals surface area (Å²) in [5, 5.41) is 4.44. The molecule has 2 atom stereocenters. The minimum atomic E-state index is 0.0796. The van der Waals surface area contributed by atoms with Crippen molar-refractivity contribution in [2.75, 3.05) is 40.8 Å². The first-order valence-electron chi connectivity index (χ1n) is 9.11. The molecule has 1 fully saturated rings. The standard InChI is InChI=1S/C18H30N4O2/c1-20(2)12-14-7-8-22-17(10-14)16(11-19-22)18(23)21(3)13-15-6-4-5-9-24-15/h11,14-15H,4-10,12-13H2,1-3H3/t14-,15-/m0/s1. The molecule has 0 aliphatic carbocycles. The van der Waals surface area contributed by atoms with Crippen LogP contribution in [0.2, 0.25) is 0 Å². The predicted molar refractivity (Wildman–Crippen MR) is 93.1 cm³/mol. The summed E-state index contributed by atoms with van der Waals surface area (Å²) in [5.74, 6) is 0.679. The Kier molecular flexibility index (Phi) is 5.56. The molecule has 6 nitrogen and oxygen atoms in total. The molecule has 6 heteroatoms. The number of hydrogen-bond acceptors (Lipinski definition) is 4. The van der Waals surface area contributed by atoms with E-state index in [9.17, 15) is 4.79 Å². The van der Waals surface area contributed by atoms with Gasteiger partial charge in [0.05, 0.1) is 23.6 Å². The maximum absolute atomic E-state index is 12.9. The van der Waals surface area contributed by atoms with Crippen LogP contribution in [0.15, 0.2) is 6.20 Å². The third kappa shape index (κ3) is 3.98. The Hall–Kier alpha value is -1.40. The van der Waals surface area contributed by atoms with Gasteiger partial charge in [0, 0.05) is 33.3 Å². The van der Waals surface area contributed by atoms with Crippen LogP contribution in [-0.2, 0) is 17.7 Å². The maximum atomic E-state index is 12.9. The van der Waals surface area contributed by atoms with Crippen molar-refractivity contribution >= 4 is 5.91 Å². The normalized spacial score (nSPS) is 24.0. The van der Waals surface area contributed by atoms with Crippen molar-refractivity contribution in [3.63, 3.8) is 0 Å². The van der Waals surface area contributed by atoms with Gasteiger partial charge in [0.2, 0.25) is 0 Å². The summed E-state index contributed by atoms with van der Waals surface area (Å²) < 4.78 is 7.79. The van der Waals surface area contributed by atoms with E-state index in [1.807, 2.05) is 16.6 Å². The van der Waals surface area contributed by atoms with E-state index in [2.05, 4.69) is 24.1 Å². The molecule has 134 valence electrons. The molecule has 24 heavy (non-hydrogen) atoms. The van der Waals surface area contributed by atoms with Crippen molar-refractivity contribution < 1.29 is 9.53 Å². The molecule has 0 unspecified atom stereocenters. The number of likely N-dealkylation sites (N-methyl/N-ethyl adjacent to an activating group) is 1.